The van der Waals surface area contributed by atoms with Crippen molar-refractivity contribution in [3.05, 3.63) is 0 Å². The van der Waals surface area contributed by atoms with Crippen molar-refractivity contribution in [2.45, 2.75) is 63.8 Å². The second-order valence-electron chi connectivity index (χ2n) is 5.29. The minimum atomic E-state index is 0.421. The monoisotopic (exact) mass is 210 g/mol. The van der Waals surface area contributed by atoms with Crippen LogP contribution in [-0.2, 0) is 4.79 Å². The van der Waals surface area contributed by atoms with E-state index in [9.17, 15) is 4.79 Å². The van der Waals surface area contributed by atoms with E-state index in [4.69, 9.17) is 0 Å². The zero-order valence-corrected chi connectivity index (χ0v) is 9.71. The van der Waals surface area contributed by atoms with E-state index >= 15 is 0 Å². The molecular weight excluding hydrogens is 186 g/mol. The summed E-state index contributed by atoms with van der Waals surface area (Å²) < 4.78 is 0. The number of hydrogen-bond donors (Lipinski definition) is 1. The lowest BCUT2D eigenvalue weighted by Crippen LogP contribution is -2.91. The summed E-state index contributed by atoms with van der Waals surface area (Å²) in [6.07, 6.45) is 11.7. The van der Waals surface area contributed by atoms with Gasteiger partial charge in [0.25, 0.3) is 0 Å². The number of nitrogens with two attached hydrogens (primary N) is 1. The zero-order valence-electron chi connectivity index (χ0n) is 9.71. The van der Waals surface area contributed by atoms with Crippen molar-refractivity contribution in [3.8, 4) is 0 Å². The Morgan fingerprint density at radius 3 is 2.20 bits per heavy atom. The molecule has 0 unspecified atom stereocenters. The Bertz CT molecular complexity index is 203. The molecule has 2 fully saturated rings. The molecule has 0 heterocycles. The molecule has 0 aromatic rings. The molecule has 15 heavy (non-hydrogen) atoms. The van der Waals surface area contributed by atoms with Crippen molar-refractivity contribution in [3.63, 3.8) is 0 Å². The molecule has 0 aromatic heterocycles. The standard InChI is InChI=1S/C13H23NO/c15-13(11-6-4-5-7-11)10-14-12-8-2-1-3-9-12/h11-12,14H,1-10H2/p+1. The molecule has 2 rings (SSSR count). The molecular formula is C13H24NO+. The molecule has 2 nitrogen and oxygen atoms in total. The van der Waals surface area contributed by atoms with Crippen molar-refractivity contribution in [1.82, 2.24) is 0 Å². The summed E-state index contributed by atoms with van der Waals surface area (Å²) in [6, 6.07) is 0.754. The van der Waals surface area contributed by atoms with Crippen molar-refractivity contribution < 1.29 is 10.1 Å². The first-order chi connectivity index (χ1) is 7.36. The van der Waals surface area contributed by atoms with Crippen molar-refractivity contribution in [2.75, 3.05) is 6.54 Å². The minimum Gasteiger partial charge on any atom is -0.338 e. The van der Waals surface area contributed by atoms with Crippen LogP contribution in [0, 0.1) is 5.92 Å². The van der Waals surface area contributed by atoms with E-state index in [2.05, 4.69) is 5.32 Å². The summed E-state index contributed by atoms with van der Waals surface area (Å²) >= 11 is 0. The number of carbonyl (C=O) groups excluding carboxylic acids is 1. The van der Waals surface area contributed by atoms with Gasteiger partial charge in [-0.1, -0.05) is 19.3 Å². The average Bonchev–Trinajstić information content (AvgIpc) is 2.81. The summed E-state index contributed by atoms with van der Waals surface area (Å²) in [5, 5.41) is 2.32. The Kier molecular flexibility index (Phi) is 4.18. The Balaban J connectivity index is 1.65. The van der Waals surface area contributed by atoms with Gasteiger partial charge in [-0.25, -0.2) is 0 Å². The molecule has 0 spiro atoms. The first-order valence-corrected chi connectivity index (χ1v) is 6.72. The van der Waals surface area contributed by atoms with Gasteiger partial charge in [0, 0.05) is 5.92 Å². The number of quaternary nitrogens is 1. The number of hydrogen-bond acceptors (Lipinski definition) is 1. The maximum absolute atomic E-state index is 11.9. The second-order valence-corrected chi connectivity index (χ2v) is 5.29. The minimum absolute atomic E-state index is 0.421. The lowest BCUT2D eigenvalue weighted by atomic mass is 9.95. The predicted molar refractivity (Wildman–Crippen MR) is 60.6 cm³/mol. The fourth-order valence-electron chi connectivity index (χ4n) is 3.07. The van der Waals surface area contributed by atoms with Crippen LogP contribution in [0.25, 0.3) is 0 Å². The van der Waals surface area contributed by atoms with Crippen molar-refractivity contribution in [2.24, 2.45) is 5.92 Å². The van der Waals surface area contributed by atoms with Gasteiger partial charge in [0.15, 0.2) is 5.78 Å². The van der Waals surface area contributed by atoms with Gasteiger partial charge in [-0.2, -0.15) is 0 Å². The molecule has 0 bridgehead atoms. The normalized spacial score (nSPS) is 24.5. The van der Waals surface area contributed by atoms with Gasteiger partial charge in [-0.3, -0.25) is 4.79 Å². The molecule has 2 saturated carbocycles. The maximum atomic E-state index is 11.9. The van der Waals surface area contributed by atoms with Crippen LogP contribution in [0.4, 0.5) is 0 Å². The number of carbonyl (C=O) groups is 1. The molecule has 0 radical (unpaired) electrons. The number of rotatable bonds is 4. The third-order valence-electron chi connectivity index (χ3n) is 4.11. The highest BCUT2D eigenvalue weighted by Gasteiger charge is 2.25. The lowest BCUT2D eigenvalue weighted by Gasteiger charge is -2.20. The Labute approximate surface area is 92.8 Å². The lowest BCUT2D eigenvalue weighted by molar-refractivity contribution is -0.681. The summed E-state index contributed by atoms with van der Waals surface area (Å²) in [6.45, 7) is 0.759. The van der Waals surface area contributed by atoms with E-state index in [-0.39, 0.29) is 0 Å². The Morgan fingerprint density at radius 2 is 1.53 bits per heavy atom. The summed E-state index contributed by atoms with van der Waals surface area (Å²) in [5.74, 6) is 0.947. The third-order valence-corrected chi connectivity index (χ3v) is 4.11. The van der Waals surface area contributed by atoms with Gasteiger partial charge in [-0.05, 0) is 38.5 Å². The molecule has 0 amide bonds. The van der Waals surface area contributed by atoms with E-state index in [1.54, 1.807) is 0 Å². The van der Waals surface area contributed by atoms with E-state index in [0.717, 1.165) is 25.4 Å². The molecule has 2 N–H and O–H groups in total. The molecule has 0 aromatic carbocycles. The molecule has 2 aliphatic carbocycles. The highest BCUT2D eigenvalue weighted by molar-refractivity contribution is 5.81. The van der Waals surface area contributed by atoms with Crippen LogP contribution in [-0.4, -0.2) is 18.4 Å². The number of Topliss-reactive ketones (excluding diaryl/α,β-unsaturated/α-hetero) is 1. The first kappa shape index (κ1) is 11.1. The van der Waals surface area contributed by atoms with E-state index < -0.39 is 0 Å². The van der Waals surface area contributed by atoms with Crippen LogP contribution >= 0.6 is 0 Å². The molecule has 2 heteroatoms. The topological polar surface area (TPSA) is 33.7 Å². The summed E-state index contributed by atoms with van der Waals surface area (Å²) in [5.41, 5.74) is 0. The first-order valence-electron chi connectivity index (χ1n) is 6.72. The van der Waals surface area contributed by atoms with Crippen LogP contribution < -0.4 is 5.32 Å². The zero-order chi connectivity index (χ0) is 10.5. The van der Waals surface area contributed by atoms with Crippen LogP contribution in [0.5, 0.6) is 0 Å². The molecule has 2 aliphatic rings. The quantitative estimate of drug-likeness (QED) is 0.752. The highest BCUT2D eigenvalue weighted by atomic mass is 16.1. The fraction of sp³-hybridized carbons (Fsp3) is 0.923. The third kappa shape index (κ3) is 3.30. The van der Waals surface area contributed by atoms with Crippen molar-refractivity contribution in [1.29, 1.82) is 0 Å². The highest BCUT2D eigenvalue weighted by Crippen LogP contribution is 2.24. The molecule has 0 aliphatic heterocycles. The van der Waals surface area contributed by atoms with Gasteiger partial charge >= 0.3 is 0 Å². The Hall–Kier alpha value is -0.370. The fourth-order valence-corrected chi connectivity index (χ4v) is 3.07. The van der Waals surface area contributed by atoms with Crippen LogP contribution in [0.2, 0.25) is 0 Å². The molecule has 0 saturated heterocycles. The summed E-state index contributed by atoms with van der Waals surface area (Å²) in [7, 11) is 0. The van der Waals surface area contributed by atoms with Crippen LogP contribution in [0.1, 0.15) is 57.8 Å². The van der Waals surface area contributed by atoms with Gasteiger partial charge in [0.2, 0.25) is 0 Å². The van der Waals surface area contributed by atoms with Gasteiger partial charge in [0.1, 0.15) is 6.54 Å². The van der Waals surface area contributed by atoms with Gasteiger partial charge < -0.3 is 5.32 Å². The van der Waals surface area contributed by atoms with E-state index in [1.807, 2.05) is 0 Å². The van der Waals surface area contributed by atoms with Crippen LogP contribution in [0.15, 0.2) is 0 Å². The van der Waals surface area contributed by atoms with Gasteiger partial charge in [0.05, 0.1) is 6.04 Å². The van der Waals surface area contributed by atoms with Gasteiger partial charge in [-0.15, -0.1) is 0 Å². The largest absolute Gasteiger partial charge is 0.338 e. The average molecular weight is 210 g/mol. The van der Waals surface area contributed by atoms with E-state index in [1.165, 1.54) is 44.9 Å². The smallest absolute Gasteiger partial charge is 0.189 e. The number of ketones is 1. The van der Waals surface area contributed by atoms with Crippen molar-refractivity contribution >= 4 is 5.78 Å². The van der Waals surface area contributed by atoms with E-state index in [0.29, 0.717) is 11.7 Å². The Morgan fingerprint density at radius 1 is 0.933 bits per heavy atom. The molecule has 86 valence electrons. The maximum Gasteiger partial charge on any atom is 0.189 e. The SMILES string of the molecule is O=C(C[NH2+]C1CCCCC1)C1CCCC1. The second kappa shape index (κ2) is 5.64. The van der Waals surface area contributed by atoms with Crippen LogP contribution in [0.3, 0.4) is 0 Å². The summed E-state index contributed by atoms with van der Waals surface area (Å²) in [4.78, 5) is 11.9. The predicted octanol–water partition coefficient (Wildman–Crippen LogP) is 1.64. The molecule has 0 atom stereocenters.